The van der Waals surface area contributed by atoms with Crippen LogP contribution in [-0.2, 0) is 14.3 Å². The van der Waals surface area contributed by atoms with Gasteiger partial charge in [-0.3, -0.25) is 4.79 Å². The van der Waals surface area contributed by atoms with Crippen LogP contribution in [0.4, 0.5) is 0 Å². The number of morpholine rings is 1. The van der Waals surface area contributed by atoms with Gasteiger partial charge in [0, 0.05) is 11.9 Å². The normalized spacial score (nSPS) is 17.8. The molecule has 1 atom stereocenters. The van der Waals surface area contributed by atoms with Crippen molar-refractivity contribution in [3.05, 3.63) is 21.9 Å². The predicted octanol–water partition coefficient (Wildman–Crippen LogP) is 0.0723. The Labute approximate surface area is 126 Å². The average molecular weight is 308 g/mol. The Morgan fingerprint density at radius 1 is 1.62 bits per heavy atom. The molecule has 0 radical (unpaired) electrons. The van der Waals surface area contributed by atoms with Gasteiger partial charge in [0.25, 0.3) is 5.91 Å². The Balaban J connectivity index is 2.16. The molecule has 0 aliphatic carbocycles. The Bertz CT molecular complexity index is 587. The van der Waals surface area contributed by atoms with Gasteiger partial charge in [0.05, 0.1) is 37.3 Å². The van der Waals surface area contributed by atoms with Crippen LogP contribution in [0.5, 0.6) is 0 Å². The van der Waals surface area contributed by atoms with Crippen molar-refractivity contribution in [3.8, 4) is 11.8 Å². The Morgan fingerprint density at radius 3 is 3.14 bits per heavy atom. The van der Waals surface area contributed by atoms with E-state index in [0.717, 1.165) is 4.88 Å². The van der Waals surface area contributed by atoms with Gasteiger partial charge in [-0.05, 0) is 6.07 Å². The first kappa shape index (κ1) is 15.5. The molecule has 2 rings (SSSR count). The monoisotopic (exact) mass is 308 g/mol. The van der Waals surface area contributed by atoms with Crippen LogP contribution in [0.25, 0.3) is 0 Å². The van der Waals surface area contributed by atoms with Crippen LogP contribution in [0.1, 0.15) is 15.2 Å². The van der Waals surface area contributed by atoms with Crippen molar-refractivity contribution in [1.82, 2.24) is 4.90 Å². The van der Waals surface area contributed by atoms with Gasteiger partial charge < -0.3 is 20.1 Å². The SMILES string of the molecule is COC(=O)C1COCCN1C(=O)c1csc(C#CCN)c1. The van der Waals surface area contributed by atoms with Crippen LogP contribution >= 0.6 is 11.3 Å². The van der Waals surface area contributed by atoms with E-state index in [0.29, 0.717) is 18.7 Å². The summed E-state index contributed by atoms with van der Waals surface area (Å²) >= 11 is 1.37. The van der Waals surface area contributed by atoms with Gasteiger partial charge in [-0.1, -0.05) is 11.8 Å². The molecule has 1 unspecified atom stereocenters. The average Bonchev–Trinajstić information content (AvgIpc) is 3.00. The van der Waals surface area contributed by atoms with Crippen LogP contribution in [0, 0.1) is 11.8 Å². The fraction of sp³-hybridized carbons (Fsp3) is 0.429. The second kappa shape index (κ2) is 7.22. The van der Waals surface area contributed by atoms with Crippen molar-refractivity contribution in [2.45, 2.75) is 6.04 Å². The van der Waals surface area contributed by atoms with Gasteiger partial charge in [0.2, 0.25) is 0 Å². The Kier molecular flexibility index (Phi) is 5.33. The quantitative estimate of drug-likeness (QED) is 0.618. The number of hydrogen-bond acceptors (Lipinski definition) is 6. The molecule has 1 aliphatic rings. The minimum absolute atomic E-state index is 0.155. The summed E-state index contributed by atoms with van der Waals surface area (Å²) in [4.78, 5) is 26.5. The van der Waals surface area contributed by atoms with E-state index in [1.807, 2.05) is 0 Å². The van der Waals surface area contributed by atoms with E-state index in [-0.39, 0.29) is 19.1 Å². The molecule has 7 heteroatoms. The molecule has 2 N–H and O–H groups in total. The third kappa shape index (κ3) is 3.61. The highest BCUT2D eigenvalue weighted by Crippen LogP contribution is 2.18. The van der Waals surface area contributed by atoms with Crippen molar-refractivity contribution in [2.75, 3.05) is 33.4 Å². The molecule has 1 aromatic rings. The highest BCUT2D eigenvalue weighted by atomic mass is 32.1. The first-order chi connectivity index (χ1) is 10.2. The number of carbonyl (C=O) groups is 2. The smallest absolute Gasteiger partial charge is 0.331 e. The topological polar surface area (TPSA) is 81.9 Å². The lowest BCUT2D eigenvalue weighted by atomic mass is 10.2. The number of esters is 1. The predicted molar refractivity (Wildman–Crippen MR) is 77.9 cm³/mol. The Morgan fingerprint density at radius 2 is 2.43 bits per heavy atom. The van der Waals surface area contributed by atoms with Crippen LogP contribution < -0.4 is 5.73 Å². The van der Waals surface area contributed by atoms with Crippen molar-refractivity contribution < 1.29 is 19.1 Å². The molecule has 21 heavy (non-hydrogen) atoms. The lowest BCUT2D eigenvalue weighted by Gasteiger charge is -2.33. The van der Waals surface area contributed by atoms with Crippen molar-refractivity contribution in [3.63, 3.8) is 0 Å². The molecule has 2 heterocycles. The first-order valence-electron chi connectivity index (χ1n) is 6.41. The van der Waals surface area contributed by atoms with Crippen molar-refractivity contribution in [2.24, 2.45) is 5.73 Å². The van der Waals surface area contributed by atoms with Gasteiger partial charge in [0.1, 0.15) is 0 Å². The number of methoxy groups -OCH3 is 1. The zero-order valence-electron chi connectivity index (χ0n) is 11.6. The van der Waals surface area contributed by atoms with E-state index < -0.39 is 12.0 Å². The fourth-order valence-corrected chi connectivity index (χ4v) is 2.74. The van der Waals surface area contributed by atoms with Gasteiger partial charge >= 0.3 is 5.97 Å². The molecule has 1 fully saturated rings. The molecule has 1 aliphatic heterocycles. The molecule has 112 valence electrons. The molecule has 0 saturated carbocycles. The van der Waals surface area contributed by atoms with Gasteiger partial charge in [-0.25, -0.2) is 4.79 Å². The zero-order valence-corrected chi connectivity index (χ0v) is 12.4. The number of nitrogens with two attached hydrogens (primary N) is 1. The molecule has 0 spiro atoms. The fourth-order valence-electron chi connectivity index (χ4n) is 2.00. The molecule has 0 aromatic carbocycles. The minimum Gasteiger partial charge on any atom is -0.467 e. The molecular weight excluding hydrogens is 292 g/mol. The van der Waals surface area contributed by atoms with Gasteiger partial charge in [0.15, 0.2) is 6.04 Å². The minimum atomic E-state index is -0.699. The van der Waals surface area contributed by atoms with Crippen LogP contribution in [-0.4, -0.2) is 56.2 Å². The third-order valence-electron chi connectivity index (χ3n) is 3.02. The lowest BCUT2D eigenvalue weighted by Crippen LogP contribution is -2.52. The summed E-state index contributed by atoms with van der Waals surface area (Å²) in [5, 5.41) is 1.73. The molecule has 1 amide bonds. The summed E-state index contributed by atoms with van der Waals surface area (Å²) in [7, 11) is 1.30. The van der Waals surface area contributed by atoms with E-state index in [9.17, 15) is 9.59 Å². The largest absolute Gasteiger partial charge is 0.467 e. The molecule has 1 saturated heterocycles. The highest BCUT2D eigenvalue weighted by Gasteiger charge is 2.34. The van der Waals surface area contributed by atoms with E-state index in [1.54, 1.807) is 11.4 Å². The van der Waals surface area contributed by atoms with E-state index in [2.05, 4.69) is 11.8 Å². The third-order valence-corrected chi connectivity index (χ3v) is 3.87. The van der Waals surface area contributed by atoms with Gasteiger partial charge in [-0.2, -0.15) is 0 Å². The zero-order chi connectivity index (χ0) is 15.2. The molecule has 0 bridgehead atoms. The summed E-state index contributed by atoms with van der Waals surface area (Å²) in [6.45, 7) is 1.19. The summed E-state index contributed by atoms with van der Waals surface area (Å²) < 4.78 is 9.97. The second-order valence-electron chi connectivity index (χ2n) is 4.32. The summed E-state index contributed by atoms with van der Waals surface area (Å²) in [6, 6.07) is 1.01. The van der Waals surface area contributed by atoms with E-state index in [4.69, 9.17) is 15.2 Å². The standard InChI is InChI=1S/C14H16N2O4S/c1-19-14(18)12-8-20-6-5-16(12)13(17)10-7-11(21-9-10)3-2-4-15/h7,9,12H,4-6,8,15H2,1H3. The number of hydrogen-bond donors (Lipinski definition) is 1. The number of ether oxygens (including phenoxy) is 2. The second-order valence-corrected chi connectivity index (χ2v) is 5.23. The summed E-state index contributed by atoms with van der Waals surface area (Å²) in [5.74, 6) is 4.94. The molecular formula is C14H16N2O4S. The number of nitrogens with zero attached hydrogens (tertiary/aromatic N) is 1. The van der Waals surface area contributed by atoms with Crippen LogP contribution in [0.2, 0.25) is 0 Å². The molecule has 1 aromatic heterocycles. The maximum Gasteiger partial charge on any atom is 0.331 e. The van der Waals surface area contributed by atoms with E-state index in [1.165, 1.54) is 23.3 Å². The van der Waals surface area contributed by atoms with E-state index >= 15 is 0 Å². The summed E-state index contributed by atoms with van der Waals surface area (Å²) in [5.41, 5.74) is 5.83. The maximum atomic E-state index is 12.5. The maximum absolute atomic E-state index is 12.5. The Hall–Kier alpha value is -1.88. The number of carbonyl (C=O) groups excluding carboxylic acids is 2. The number of amides is 1. The van der Waals surface area contributed by atoms with Gasteiger partial charge in [-0.15, -0.1) is 11.3 Å². The number of rotatable bonds is 2. The van der Waals surface area contributed by atoms with Crippen molar-refractivity contribution in [1.29, 1.82) is 0 Å². The highest BCUT2D eigenvalue weighted by molar-refractivity contribution is 7.10. The van der Waals surface area contributed by atoms with Crippen molar-refractivity contribution >= 4 is 23.2 Å². The lowest BCUT2D eigenvalue weighted by molar-refractivity contribution is -0.151. The molecule has 6 nitrogen and oxygen atoms in total. The summed E-state index contributed by atoms with van der Waals surface area (Å²) in [6.07, 6.45) is 0. The van der Waals surface area contributed by atoms with Crippen LogP contribution in [0.15, 0.2) is 11.4 Å². The number of thiophene rings is 1. The first-order valence-corrected chi connectivity index (χ1v) is 7.29. The van der Waals surface area contributed by atoms with Crippen LogP contribution in [0.3, 0.4) is 0 Å².